The number of para-hydroxylation sites is 1. The number of fused-ring (bicyclic) bond motifs is 3. The molecular weight excluding hydrogens is 567 g/mol. The summed E-state index contributed by atoms with van der Waals surface area (Å²) < 4.78 is 0. The largest absolute Gasteiger partial charge is 0.507 e. The summed E-state index contributed by atoms with van der Waals surface area (Å²) in [6, 6.07) is 28.2. The Bertz CT molecular complexity index is 1430. The van der Waals surface area contributed by atoms with Crippen LogP contribution >= 0.6 is 0 Å². The Morgan fingerprint density at radius 3 is 2.32 bits per heavy atom. The van der Waals surface area contributed by atoms with Crippen LogP contribution in [0.2, 0.25) is 0 Å². The maximum absolute atomic E-state index is 10.7. The standard InChI is InChI=1S/C26H18N2O2.Pt/c29-24-14-4-3-10-21(24)22-12-5-8-18(28-22)16-27-23-13-6-11-20-19-9-2-1-7-17(19)15-25(30)26(20)23;/h1-16,29-30H;. The van der Waals surface area contributed by atoms with E-state index < -0.39 is 0 Å². The predicted octanol–water partition coefficient (Wildman–Crippen LogP) is 6.21. The molecule has 0 spiro atoms. The molecule has 0 amide bonds. The van der Waals surface area contributed by atoms with Gasteiger partial charge in [0.2, 0.25) is 0 Å². The van der Waals surface area contributed by atoms with Crippen LogP contribution in [0.4, 0.5) is 5.69 Å². The van der Waals surface area contributed by atoms with E-state index in [1.807, 2.05) is 72.8 Å². The molecule has 1 heterocycles. The van der Waals surface area contributed by atoms with Crippen molar-refractivity contribution in [2.45, 2.75) is 0 Å². The molecule has 0 fully saturated rings. The minimum absolute atomic E-state index is 0. The molecule has 5 aromatic rings. The van der Waals surface area contributed by atoms with Gasteiger partial charge < -0.3 is 10.2 Å². The molecule has 1 aromatic heterocycles. The molecular formula is C26H18N2O2Pt. The zero-order valence-corrected chi connectivity index (χ0v) is 18.6. The summed E-state index contributed by atoms with van der Waals surface area (Å²) >= 11 is 0. The smallest absolute Gasteiger partial charge is 0.126 e. The fraction of sp³-hybridized carbons (Fsp3) is 0. The zero-order valence-electron chi connectivity index (χ0n) is 16.3. The van der Waals surface area contributed by atoms with Crippen molar-refractivity contribution in [1.82, 2.24) is 4.98 Å². The van der Waals surface area contributed by atoms with Gasteiger partial charge in [-0.15, -0.1) is 0 Å². The van der Waals surface area contributed by atoms with E-state index in [1.165, 1.54) is 0 Å². The van der Waals surface area contributed by atoms with Crippen LogP contribution in [0.1, 0.15) is 5.69 Å². The molecule has 0 bridgehead atoms. The Morgan fingerprint density at radius 1 is 0.710 bits per heavy atom. The molecule has 4 nitrogen and oxygen atoms in total. The molecule has 0 radical (unpaired) electrons. The van der Waals surface area contributed by atoms with Crippen molar-refractivity contribution in [2.24, 2.45) is 4.99 Å². The van der Waals surface area contributed by atoms with Crippen molar-refractivity contribution >= 4 is 33.4 Å². The summed E-state index contributed by atoms with van der Waals surface area (Å²) in [6.07, 6.45) is 1.67. The SMILES string of the molecule is Oc1ccccc1-c1cccc(C=Nc2cccc3c2c(O)cc2ccccc23)n1.[Pt]. The van der Waals surface area contributed by atoms with E-state index in [0.717, 1.165) is 16.2 Å². The quantitative estimate of drug-likeness (QED) is 0.195. The van der Waals surface area contributed by atoms with E-state index in [4.69, 9.17) is 0 Å². The van der Waals surface area contributed by atoms with E-state index in [-0.39, 0.29) is 32.6 Å². The molecule has 0 unspecified atom stereocenters. The van der Waals surface area contributed by atoms with Crippen molar-refractivity contribution in [3.05, 3.63) is 96.7 Å². The predicted molar refractivity (Wildman–Crippen MR) is 122 cm³/mol. The van der Waals surface area contributed by atoms with Crippen LogP contribution in [0, 0.1) is 0 Å². The number of hydrogen-bond donors (Lipinski definition) is 2. The van der Waals surface area contributed by atoms with Gasteiger partial charge in [-0.05, 0) is 52.6 Å². The van der Waals surface area contributed by atoms with Crippen LogP contribution in [0.3, 0.4) is 0 Å². The Morgan fingerprint density at radius 2 is 1.45 bits per heavy atom. The van der Waals surface area contributed by atoms with Crippen molar-refractivity contribution in [2.75, 3.05) is 0 Å². The second-order valence-electron chi connectivity index (χ2n) is 7.04. The van der Waals surface area contributed by atoms with Gasteiger partial charge >= 0.3 is 0 Å². The van der Waals surface area contributed by atoms with Crippen molar-refractivity contribution < 1.29 is 31.3 Å². The van der Waals surface area contributed by atoms with Crippen LogP contribution in [-0.4, -0.2) is 21.4 Å². The summed E-state index contributed by atoms with van der Waals surface area (Å²) in [5, 5.41) is 24.5. The molecule has 154 valence electrons. The number of phenolic OH excluding ortho intramolecular Hbond substituents is 2. The average molecular weight is 586 g/mol. The fourth-order valence-corrected chi connectivity index (χ4v) is 3.73. The van der Waals surface area contributed by atoms with E-state index >= 15 is 0 Å². The number of hydrogen-bond acceptors (Lipinski definition) is 4. The summed E-state index contributed by atoms with van der Waals surface area (Å²) in [5.41, 5.74) is 2.67. The van der Waals surface area contributed by atoms with E-state index in [9.17, 15) is 10.2 Å². The van der Waals surface area contributed by atoms with Crippen LogP contribution in [0.15, 0.2) is 96.0 Å². The van der Waals surface area contributed by atoms with E-state index in [1.54, 1.807) is 24.4 Å². The third-order valence-electron chi connectivity index (χ3n) is 5.13. The van der Waals surface area contributed by atoms with Crippen molar-refractivity contribution in [1.29, 1.82) is 0 Å². The summed E-state index contributed by atoms with van der Waals surface area (Å²) in [6.45, 7) is 0. The maximum Gasteiger partial charge on any atom is 0.126 e. The van der Waals surface area contributed by atoms with Crippen LogP contribution in [0.5, 0.6) is 11.5 Å². The first-order valence-corrected chi connectivity index (χ1v) is 9.63. The number of aromatic hydroxyl groups is 2. The molecule has 0 atom stereocenters. The first kappa shape index (κ1) is 20.8. The van der Waals surface area contributed by atoms with Crippen LogP contribution < -0.4 is 0 Å². The minimum Gasteiger partial charge on any atom is -0.507 e. The average Bonchev–Trinajstić information content (AvgIpc) is 2.78. The van der Waals surface area contributed by atoms with Gasteiger partial charge in [-0.3, -0.25) is 4.99 Å². The van der Waals surface area contributed by atoms with Crippen molar-refractivity contribution in [3.8, 4) is 22.8 Å². The number of aromatic nitrogens is 1. The van der Waals surface area contributed by atoms with Gasteiger partial charge in [0, 0.05) is 32.0 Å². The molecule has 5 rings (SSSR count). The van der Waals surface area contributed by atoms with Crippen LogP contribution in [-0.2, 0) is 21.1 Å². The molecule has 0 aliphatic rings. The molecule has 0 saturated carbocycles. The number of pyridine rings is 1. The molecule has 5 heteroatoms. The van der Waals surface area contributed by atoms with Gasteiger partial charge in [-0.2, -0.15) is 0 Å². The minimum atomic E-state index is 0. The summed E-state index contributed by atoms with van der Waals surface area (Å²) in [5.74, 6) is 0.386. The zero-order chi connectivity index (χ0) is 20.5. The van der Waals surface area contributed by atoms with Gasteiger partial charge in [0.05, 0.1) is 23.3 Å². The molecule has 0 aliphatic heterocycles. The number of nitrogens with zero attached hydrogens (tertiary/aromatic N) is 2. The Labute approximate surface area is 193 Å². The fourth-order valence-electron chi connectivity index (χ4n) is 3.73. The summed E-state index contributed by atoms with van der Waals surface area (Å²) in [7, 11) is 0. The van der Waals surface area contributed by atoms with Gasteiger partial charge in [-0.1, -0.05) is 54.6 Å². The third-order valence-corrected chi connectivity index (χ3v) is 5.13. The van der Waals surface area contributed by atoms with E-state index in [2.05, 4.69) is 9.98 Å². The molecule has 31 heavy (non-hydrogen) atoms. The monoisotopic (exact) mass is 585 g/mol. The number of benzene rings is 4. The Kier molecular flexibility index (Phi) is 5.83. The normalized spacial score (nSPS) is 11.1. The first-order chi connectivity index (χ1) is 14.7. The van der Waals surface area contributed by atoms with Crippen LogP contribution in [0.25, 0.3) is 32.8 Å². The maximum atomic E-state index is 10.7. The number of aliphatic imine (C=N–C) groups is 1. The molecule has 2 N–H and O–H groups in total. The van der Waals surface area contributed by atoms with Crippen molar-refractivity contribution in [3.63, 3.8) is 0 Å². The number of phenols is 2. The van der Waals surface area contributed by atoms with Gasteiger partial charge in [0.15, 0.2) is 0 Å². The first-order valence-electron chi connectivity index (χ1n) is 9.63. The van der Waals surface area contributed by atoms with Gasteiger partial charge in [0.25, 0.3) is 0 Å². The second-order valence-corrected chi connectivity index (χ2v) is 7.04. The molecule has 4 aromatic carbocycles. The Balaban J connectivity index is 0.00000231. The van der Waals surface area contributed by atoms with Gasteiger partial charge in [-0.25, -0.2) is 4.98 Å². The van der Waals surface area contributed by atoms with E-state index in [0.29, 0.717) is 28.0 Å². The topological polar surface area (TPSA) is 65.7 Å². The molecule has 0 aliphatic carbocycles. The third kappa shape index (κ3) is 3.95. The summed E-state index contributed by atoms with van der Waals surface area (Å²) in [4.78, 5) is 9.22. The number of rotatable bonds is 3. The van der Waals surface area contributed by atoms with Gasteiger partial charge in [0.1, 0.15) is 11.5 Å². The Hall–Kier alpha value is -3.49. The second kappa shape index (κ2) is 8.71. The molecule has 0 saturated heterocycles.